The molecule has 0 radical (unpaired) electrons. The maximum Gasteiger partial charge on any atom is 0.235 e. The van der Waals surface area contributed by atoms with Crippen LogP contribution in [0.25, 0.3) is 22.2 Å². The van der Waals surface area contributed by atoms with E-state index in [1.165, 1.54) is 0 Å². The van der Waals surface area contributed by atoms with Gasteiger partial charge in [0.15, 0.2) is 0 Å². The van der Waals surface area contributed by atoms with Gasteiger partial charge in [0.25, 0.3) is 0 Å². The van der Waals surface area contributed by atoms with Gasteiger partial charge in [-0.15, -0.1) is 0 Å². The van der Waals surface area contributed by atoms with Crippen LogP contribution in [-0.2, 0) is 10.2 Å². The average Bonchev–Trinajstić information content (AvgIpc) is 3.18. The highest BCUT2D eigenvalue weighted by Gasteiger charge is 2.42. The van der Waals surface area contributed by atoms with E-state index in [2.05, 4.69) is 44.6 Å². The number of carbonyl (C=O) groups excluding carboxylic acids is 1. The molecule has 0 atom stereocenters. The van der Waals surface area contributed by atoms with Crippen LogP contribution in [0.15, 0.2) is 36.5 Å². The molecule has 1 fully saturated rings. The highest BCUT2D eigenvalue weighted by Crippen LogP contribution is 2.44. The van der Waals surface area contributed by atoms with E-state index in [4.69, 9.17) is 5.10 Å². The third-order valence-corrected chi connectivity index (χ3v) is 5.90. The van der Waals surface area contributed by atoms with Crippen molar-refractivity contribution < 1.29 is 4.79 Å². The number of aromatic nitrogens is 3. The summed E-state index contributed by atoms with van der Waals surface area (Å²) in [5.41, 5.74) is 3.40. The molecule has 27 heavy (non-hydrogen) atoms. The van der Waals surface area contributed by atoms with Gasteiger partial charge in [0, 0.05) is 22.7 Å². The molecule has 2 N–H and O–H groups in total. The predicted molar refractivity (Wildman–Crippen MR) is 106 cm³/mol. The van der Waals surface area contributed by atoms with Crippen molar-refractivity contribution in [3.8, 4) is 11.3 Å². The van der Waals surface area contributed by atoms with Crippen LogP contribution in [0.4, 0.5) is 5.82 Å². The molecule has 0 unspecified atom stereocenters. The van der Waals surface area contributed by atoms with Gasteiger partial charge in [0.2, 0.25) is 5.91 Å². The first-order chi connectivity index (χ1) is 13.1. The van der Waals surface area contributed by atoms with Crippen LogP contribution in [0.2, 0.25) is 0 Å². The molecule has 5 rings (SSSR count). The molecule has 0 saturated carbocycles. The first kappa shape index (κ1) is 16.4. The minimum Gasteiger partial charge on any atom is -0.317 e. The van der Waals surface area contributed by atoms with Gasteiger partial charge in [-0.2, -0.15) is 5.10 Å². The topological polar surface area (TPSA) is 71.8 Å². The normalized spacial score (nSPS) is 19.3. The zero-order valence-electron chi connectivity index (χ0n) is 15.6. The number of nitrogens with one attached hydrogen (secondary N) is 2. The highest BCUT2D eigenvalue weighted by atomic mass is 16.2. The van der Waals surface area contributed by atoms with Crippen LogP contribution in [-0.4, -0.2) is 33.8 Å². The predicted octanol–water partition coefficient (Wildman–Crippen LogP) is 3.25. The summed E-state index contributed by atoms with van der Waals surface area (Å²) >= 11 is 0. The lowest BCUT2D eigenvalue weighted by atomic mass is 9.83. The summed E-state index contributed by atoms with van der Waals surface area (Å²) in [7, 11) is 0. The number of amides is 1. The summed E-state index contributed by atoms with van der Waals surface area (Å²) in [4.78, 5) is 16.9. The molecule has 6 heteroatoms. The number of nitrogens with zero attached hydrogens (tertiary/aromatic N) is 3. The Balaban J connectivity index is 1.74. The lowest BCUT2D eigenvalue weighted by Gasteiger charge is -2.23. The smallest absolute Gasteiger partial charge is 0.235 e. The van der Waals surface area contributed by atoms with Gasteiger partial charge < -0.3 is 10.6 Å². The SMILES string of the molecule is CC1(C)C(=O)Nc2nccc(-c3nn(C4CCNCC4)c4ccccc34)c21. The molecular formula is C21H23N5O. The van der Waals surface area contributed by atoms with Crippen molar-refractivity contribution in [2.45, 2.75) is 38.1 Å². The van der Waals surface area contributed by atoms with Gasteiger partial charge in [-0.25, -0.2) is 4.98 Å². The van der Waals surface area contributed by atoms with Gasteiger partial charge in [0.1, 0.15) is 11.5 Å². The number of hydrogen-bond acceptors (Lipinski definition) is 4. The maximum absolute atomic E-state index is 12.5. The fourth-order valence-corrected chi connectivity index (χ4v) is 4.38. The largest absolute Gasteiger partial charge is 0.317 e. The fraction of sp³-hybridized carbons (Fsp3) is 0.381. The molecule has 2 aliphatic heterocycles. The number of benzene rings is 1. The molecule has 0 bridgehead atoms. The maximum atomic E-state index is 12.5. The van der Waals surface area contributed by atoms with Gasteiger partial charge in [-0.1, -0.05) is 18.2 Å². The summed E-state index contributed by atoms with van der Waals surface area (Å²) in [5.74, 6) is 0.641. The number of fused-ring (bicyclic) bond motifs is 2. The molecule has 1 amide bonds. The third kappa shape index (κ3) is 2.40. The second-order valence-corrected chi connectivity index (χ2v) is 7.95. The lowest BCUT2D eigenvalue weighted by Crippen LogP contribution is -2.29. The van der Waals surface area contributed by atoms with E-state index >= 15 is 0 Å². The van der Waals surface area contributed by atoms with Crippen molar-refractivity contribution in [1.82, 2.24) is 20.1 Å². The monoisotopic (exact) mass is 361 g/mol. The van der Waals surface area contributed by atoms with E-state index < -0.39 is 5.41 Å². The van der Waals surface area contributed by atoms with Crippen LogP contribution in [0.5, 0.6) is 0 Å². The van der Waals surface area contributed by atoms with Crippen molar-refractivity contribution in [3.05, 3.63) is 42.1 Å². The van der Waals surface area contributed by atoms with E-state index in [0.29, 0.717) is 11.9 Å². The number of hydrogen-bond donors (Lipinski definition) is 2. The summed E-state index contributed by atoms with van der Waals surface area (Å²) in [6.07, 6.45) is 3.91. The number of para-hydroxylation sites is 1. The van der Waals surface area contributed by atoms with E-state index in [9.17, 15) is 4.79 Å². The number of rotatable bonds is 2. The van der Waals surface area contributed by atoms with Crippen LogP contribution in [0, 0.1) is 0 Å². The van der Waals surface area contributed by atoms with E-state index in [0.717, 1.165) is 53.7 Å². The quantitative estimate of drug-likeness (QED) is 0.735. The standard InChI is InChI=1S/C21H23N5O/c1-21(2)17-15(9-12-23-19(17)24-20(21)27)18-14-5-3-4-6-16(14)26(25-18)13-7-10-22-11-8-13/h3-6,9,12-13,22H,7-8,10-11H2,1-2H3,(H,23,24,27). The summed E-state index contributed by atoms with van der Waals surface area (Å²) in [6, 6.07) is 10.8. The molecule has 1 saturated heterocycles. The zero-order valence-corrected chi connectivity index (χ0v) is 15.6. The molecular weight excluding hydrogens is 338 g/mol. The first-order valence-electron chi connectivity index (χ1n) is 9.56. The molecule has 2 aliphatic rings. The van der Waals surface area contributed by atoms with E-state index in [1.54, 1.807) is 6.20 Å². The van der Waals surface area contributed by atoms with Crippen molar-refractivity contribution in [2.75, 3.05) is 18.4 Å². The molecule has 1 aromatic carbocycles. The van der Waals surface area contributed by atoms with Gasteiger partial charge >= 0.3 is 0 Å². The summed E-state index contributed by atoms with van der Waals surface area (Å²) < 4.78 is 2.19. The van der Waals surface area contributed by atoms with Crippen molar-refractivity contribution in [1.29, 1.82) is 0 Å². The Hall–Kier alpha value is -2.73. The molecule has 0 spiro atoms. The number of anilines is 1. The van der Waals surface area contributed by atoms with Crippen molar-refractivity contribution >= 4 is 22.6 Å². The van der Waals surface area contributed by atoms with Crippen LogP contribution in [0.1, 0.15) is 38.3 Å². The summed E-state index contributed by atoms with van der Waals surface area (Å²) in [6.45, 7) is 5.94. The Labute approximate surface area is 158 Å². The number of pyridine rings is 1. The first-order valence-corrected chi connectivity index (χ1v) is 9.56. The van der Waals surface area contributed by atoms with Crippen LogP contribution < -0.4 is 10.6 Å². The van der Waals surface area contributed by atoms with Gasteiger partial charge in [-0.05, 0) is 51.9 Å². The molecule has 0 aliphatic carbocycles. The van der Waals surface area contributed by atoms with Gasteiger partial charge in [0.05, 0.1) is 17.0 Å². The third-order valence-electron chi connectivity index (χ3n) is 5.90. The van der Waals surface area contributed by atoms with E-state index in [1.807, 2.05) is 19.9 Å². The number of piperidine rings is 1. The molecule has 2 aromatic heterocycles. The highest BCUT2D eigenvalue weighted by molar-refractivity contribution is 6.08. The lowest BCUT2D eigenvalue weighted by molar-refractivity contribution is -0.119. The molecule has 138 valence electrons. The number of carbonyl (C=O) groups is 1. The Bertz CT molecular complexity index is 1050. The van der Waals surface area contributed by atoms with Crippen molar-refractivity contribution in [2.24, 2.45) is 0 Å². The Morgan fingerprint density at radius 3 is 2.74 bits per heavy atom. The Morgan fingerprint density at radius 2 is 1.93 bits per heavy atom. The minimum atomic E-state index is -0.626. The second-order valence-electron chi connectivity index (χ2n) is 7.95. The van der Waals surface area contributed by atoms with Crippen LogP contribution in [0.3, 0.4) is 0 Å². The minimum absolute atomic E-state index is 0.0143. The van der Waals surface area contributed by atoms with Crippen molar-refractivity contribution in [3.63, 3.8) is 0 Å². The molecule has 4 heterocycles. The van der Waals surface area contributed by atoms with E-state index in [-0.39, 0.29) is 5.91 Å². The van der Waals surface area contributed by atoms with Gasteiger partial charge in [-0.3, -0.25) is 9.48 Å². The summed E-state index contributed by atoms with van der Waals surface area (Å²) in [5, 5.41) is 12.5. The molecule has 6 nitrogen and oxygen atoms in total. The van der Waals surface area contributed by atoms with Crippen LogP contribution >= 0.6 is 0 Å². The average molecular weight is 361 g/mol. The Kier molecular flexibility index (Phi) is 3.59. The fourth-order valence-electron chi connectivity index (χ4n) is 4.38. The second kappa shape index (κ2) is 5.89. The zero-order chi connectivity index (χ0) is 18.6. The molecule has 3 aromatic rings. The Morgan fingerprint density at radius 1 is 1.15 bits per heavy atom.